The van der Waals surface area contributed by atoms with E-state index in [1.54, 1.807) is 22.7 Å². The summed E-state index contributed by atoms with van der Waals surface area (Å²) in [6.07, 6.45) is 0. The normalized spacial score (nSPS) is 11.8. The quantitative estimate of drug-likeness (QED) is 0.361. The van der Waals surface area contributed by atoms with Gasteiger partial charge in [0.05, 0.1) is 6.04 Å². The number of pyridine rings is 1. The van der Waals surface area contributed by atoms with Gasteiger partial charge in [0.1, 0.15) is 10.8 Å². The fourth-order valence-corrected chi connectivity index (χ4v) is 5.16. The van der Waals surface area contributed by atoms with E-state index in [1.165, 1.54) is 10.4 Å². The molecule has 152 valence electrons. The summed E-state index contributed by atoms with van der Waals surface area (Å²) in [5, 5.41) is 11.8. The summed E-state index contributed by atoms with van der Waals surface area (Å²) in [5.41, 5.74) is 5.02. The number of carbonyl (C=O) groups excluding carboxylic acids is 1. The maximum atomic E-state index is 12.9. The summed E-state index contributed by atoms with van der Waals surface area (Å²) in [7, 11) is 0. The van der Waals surface area contributed by atoms with Gasteiger partial charge in [-0.2, -0.15) is 11.3 Å². The molecule has 4 aromatic rings. The maximum Gasteiger partial charge on any atom is 0.256 e. The van der Waals surface area contributed by atoms with Crippen molar-refractivity contribution in [3.8, 4) is 0 Å². The Morgan fingerprint density at radius 3 is 2.50 bits per heavy atom. The highest BCUT2D eigenvalue weighted by atomic mass is 32.1. The highest BCUT2D eigenvalue weighted by Gasteiger charge is 2.25. The minimum Gasteiger partial charge on any atom is -0.359 e. The van der Waals surface area contributed by atoms with Gasteiger partial charge in [0.25, 0.3) is 5.91 Å². The minimum atomic E-state index is -0.110. The molecule has 0 spiro atoms. The lowest BCUT2D eigenvalue weighted by Crippen LogP contribution is -2.17. The Bertz CT molecular complexity index is 1150. The van der Waals surface area contributed by atoms with E-state index in [0.29, 0.717) is 5.56 Å². The Labute approximate surface area is 184 Å². The van der Waals surface area contributed by atoms with Gasteiger partial charge in [-0.25, -0.2) is 4.98 Å². The van der Waals surface area contributed by atoms with Crippen molar-refractivity contribution in [1.29, 1.82) is 0 Å². The van der Waals surface area contributed by atoms with Crippen molar-refractivity contribution in [2.24, 2.45) is 0 Å². The van der Waals surface area contributed by atoms with Crippen LogP contribution in [0.5, 0.6) is 0 Å². The molecule has 30 heavy (non-hydrogen) atoms. The van der Waals surface area contributed by atoms with Gasteiger partial charge in [0.2, 0.25) is 0 Å². The summed E-state index contributed by atoms with van der Waals surface area (Å²) < 4.78 is 0. The first kappa shape index (κ1) is 20.3. The van der Waals surface area contributed by atoms with Crippen molar-refractivity contribution in [2.75, 3.05) is 10.6 Å². The zero-order chi connectivity index (χ0) is 21.1. The first-order chi connectivity index (χ1) is 14.5. The van der Waals surface area contributed by atoms with E-state index in [4.69, 9.17) is 0 Å². The number of nitrogens with one attached hydrogen (secondary N) is 2. The van der Waals surface area contributed by atoms with Gasteiger partial charge in [-0.1, -0.05) is 24.3 Å². The summed E-state index contributed by atoms with van der Waals surface area (Å²) in [6.45, 7) is 6.19. The number of amides is 1. The summed E-state index contributed by atoms with van der Waals surface area (Å²) in [4.78, 5) is 18.7. The first-order valence-electron chi connectivity index (χ1n) is 9.71. The Kier molecular flexibility index (Phi) is 5.97. The lowest BCUT2D eigenvalue weighted by molar-refractivity contribution is 0.102. The molecule has 0 saturated carbocycles. The van der Waals surface area contributed by atoms with E-state index in [-0.39, 0.29) is 11.9 Å². The van der Waals surface area contributed by atoms with Crippen LogP contribution in [0, 0.1) is 20.8 Å². The molecule has 6 heteroatoms. The fourth-order valence-electron chi connectivity index (χ4n) is 3.38. The van der Waals surface area contributed by atoms with Crippen molar-refractivity contribution in [2.45, 2.75) is 26.8 Å². The van der Waals surface area contributed by atoms with Crippen LogP contribution in [0.2, 0.25) is 0 Å². The predicted octanol–water partition coefficient (Wildman–Crippen LogP) is 6.58. The zero-order valence-electron chi connectivity index (χ0n) is 17.1. The van der Waals surface area contributed by atoms with Crippen molar-refractivity contribution < 1.29 is 4.79 Å². The minimum absolute atomic E-state index is 0.101. The van der Waals surface area contributed by atoms with Gasteiger partial charge in [0.15, 0.2) is 0 Å². The Hall–Kier alpha value is -2.96. The van der Waals surface area contributed by atoms with E-state index in [0.717, 1.165) is 27.6 Å². The predicted molar refractivity (Wildman–Crippen MR) is 127 cm³/mol. The second-order valence-corrected chi connectivity index (χ2v) is 9.15. The number of anilines is 2. The topological polar surface area (TPSA) is 54.0 Å². The van der Waals surface area contributed by atoms with Crippen molar-refractivity contribution in [3.63, 3.8) is 0 Å². The van der Waals surface area contributed by atoms with Crippen LogP contribution in [-0.2, 0) is 0 Å². The van der Waals surface area contributed by atoms with Crippen LogP contribution < -0.4 is 10.6 Å². The smallest absolute Gasteiger partial charge is 0.256 e. The summed E-state index contributed by atoms with van der Waals surface area (Å²) in [5.74, 6) is 0.714. The molecule has 1 aromatic carbocycles. The maximum absolute atomic E-state index is 12.9. The third kappa shape index (κ3) is 4.30. The summed E-state index contributed by atoms with van der Waals surface area (Å²) >= 11 is 3.28. The number of benzene rings is 1. The highest BCUT2D eigenvalue weighted by molar-refractivity contribution is 7.16. The summed E-state index contributed by atoms with van der Waals surface area (Å²) in [6, 6.07) is 17.3. The lowest BCUT2D eigenvalue weighted by atomic mass is 9.98. The molecule has 0 radical (unpaired) electrons. The van der Waals surface area contributed by atoms with Crippen molar-refractivity contribution in [3.05, 3.63) is 98.2 Å². The molecule has 4 rings (SSSR count). The average Bonchev–Trinajstić information content (AvgIpc) is 3.36. The van der Waals surface area contributed by atoms with Crippen LogP contribution in [-0.4, -0.2) is 10.9 Å². The van der Waals surface area contributed by atoms with Gasteiger partial charge in [-0.05, 0) is 73.0 Å². The molecule has 0 aliphatic heterocycles. The molecular formula is C24H23N3OS2. The number of hydrogen-bond donors (Lipinski definition) is 2. The molecule has 4 nitrogen and oxygen atoms in total. The molecule has 0 aliphatic carbocycles. The van der Waals surface area contributed by atoms with Gasteiger partial charge in [-0.3, -0.25) is 4.79 Å². The molecule has 1 unspecified atom stereocenters. The monoisotopic (exact) mass is 433 g/mol. The molecule has 0 saturated heterocycles. The Morgan fingerprint density at radius 1 is 1.00 bits per heavy atom. The van der Waals surface area contributed by atoms with Crippen LogP contribution in [0.4, 0.5) is 10.8 Å². The van der Waals surface area contributed by atoms with Crippen LogP contribution in [0.15, 0.2) is 65.4 Å². The first-order valence-corrected chi connectivity index (χ1v) is 11.5. The van der Waals surface area contributed by atoms with E-state index in [1.807, 2.05) is 55.5 Å². The van der Waals surface area contributed by atoms with E-state index < -0.39 is 0 Å². The second-order valence-electron chi connectivity index (χ2n) is 7.14. The number of carbonyl (C=O) groups is 1. The van der Waals surface area contributed by atoms with Gasteiger partial charge >= 0.3 is 0 Å². The number of thiophene rings is 2. The number of aryl methyl sites for hydroxylation is 2. The van der Waals surface area contributed by atoms with E-state index in [9.17, 15) is 4.79 Å². The molecule has 2 N–H and O–H groups in total. The van der Waals surface area contributed by atoms with Gasteiger partial charge < -0.3 is 10.6 Å². The molecule has 1 amide bonds. The van der Waals surface area contributed by atoms with Crippen LogP contribution in [0.1, 0.15) is 43.7 Å². The van der Waals surface area contributed by atoms with Crippen molar-refractivity contribution in [1.82, 2.24) is 4.98 Å². The van der Waals surface area contributed by atoms with E-state index in [2.05, 4.69) is 46.3 Å². The van der Waals surface area contributed by atoms with Gasteiger partial charge in [0, 0.05) is 21.7 Å². The molecule has 1 atom stereocenters. The molecular weight excluding hydrogens is 410 g/mol. The molecule has 3 heterocycles. The Balaban J connectivity index is 1.74. The third-order valence-electron chi connectivity index (χ3n) is 5.04. The average molecular weight is 434 g/mol. The van der Waals surface area contributed by atoms with Crippen LogP contribution in [0.25, 0.3) is 0 Å². The second kappa shape index (κ2) is 8.81. The molecule has 0 fully saturated rings. The molecule has 0 aliphatic rings. The highest BCUT2D eigenvalue weighted by Crippen LogP contribution is 2.41. The fraction of sp³-hybridized carbons (Fsp3) is 0.167. The van der Waals surface area contributed by atoms with Crippen molar-refractivity contribution >= 4 is 39.4 Å². The Morgan fingerprint density at radius 2 is 1.80 bits per heavy atom. The van der Waals surface area contributed by atoms with E-state index >= 15 is 0 Å². The van der Waals surface area contributed by atoms with Crippen LogP contribution in [0.3, 0.4) is 0 Å². The zero-order valence-corrected chi connectivity index (χ0v) is 18.7. The molecule has 0 bridgehead atoms. The SMILES string of the molecule is Cc1cccc(NC(c2ccsc2)c2c(NC(=O)c3ccccc3)sc(C)c2C)n1. The number of rotatable bonds is 6. The third-order valence-corrected chi connectivity index (χ3v) is 6.88. The van der Waals surface area contributed by atoms with Crippen LogP contribution >= 0.6 is 22.7 Å². The lowest BCUT2D eigenvalue weighted by Gasteiger charge is -2.21. The standard InChI is InChI=1S/C24H23N3OS2/c1-15-8-7-11-20(25-15)26-22(19-12-13-29-14-19)21-16(2)17(3)30-24(21)27-23(28)18-9-5-4-6-10-18/h4-14,22H,1-3H3,(H,25,26)(H,27,28). The molecule has 3 aromatic heterocycles. The number of hydrogen-bond acceptors (Lipinski definition) is 5. The number of nitrogens with zero attached hydrogens (tertiary/aromatic N) is 1. The van der Waals surface area contributed by atoms with Gasteiger partial charge in [-0.15, -0.1) is 11.3 Å². The largest absolute Gasteiger partial charge is 0.359 e. The number of aromatic nitrogens is 1.